The number of hydrogen-bond acceptors (Lipinski definition) is 3. The van der Waals surface area contributed by atoms with Gasteiger partial charge in [0.05, 0.1) is 5.69 Å². The predicted molar refractivity (Wildman–Crippen MR) is 69.4 cm³/mol. The molecule has 102 valence electrons. The Labute approximate surface area is 110 Å². The Morgan fingerprint density at radius 1 is 1.32 bits per heavy atom. The highest BCUT2D eigenvalue weighted by atomic mass is 16.4. The van der Waals surface area contributed by atoms with E-state index in [1.54, 1.807) is 0 Å². The van der Waals surface area contributed by atoms with Crippen LogP contribution < -0.4 is 10.6 Å². The van der Waals surface area contributed by atoms with Crippen LogP contribution in [0.25, 0.3) is 0 Å². The van der Waals surface area contributed by atoms with Gasteiger partial charge < -0.3 is 20.8 Å². The third kappa shape index (κ3) is 2.96. The first-order valence-corrected chi connectivity index (χ1v) is 6.10. The molecule has 1 aliphatic carbocycles. The van der Waals surface area contributed by atoms with Crippen LogP contribution in [0.3, 0.4) is 0 Å². The summed E-state index contributed by atoms with van der Waals surface area (Å²) in [6, 6.07) is 3.90. The van der Waals surface area contributed by atoms with E-state index in [0.717, 1.165) is 12.8 Å². The number of carboxylic acids is 1. The molecule has 6 heteroatoms. The van der Waals surface area contributed by atoms with E-state index in [-0.39, 0.29) is 17.3 Å². The van der Waals surface area contributed by atoms with E-state index in [2.05, 4.69) is 17.6 Å². The third-order valence-corrected chi connectivity index (χ3v) is 3.22. The maximum atomic E-state index is 11.7. The second-order valence-corrected chi connectivity index (χ2v) is 4.88. The molecule has 0 unspecified atom stereocenters. The zero-order chi connectivity index (χ0) is 14.0. The maximum absolute atomic E-state index is 11.7. The Balaban J connectivity index is 2.00. The smallest absolute Gasteiger partial charge is 0.339 e. The third-order valence-electron chi connectivity index (χ3n) is 3.22. The Hall–Kier alpha value is -2.24. The van der Waals surface area contributed by atoms with Gasteiger partial charge in [0, 0.05) is 6.04 Å². The molecule has 0 heterocycles. The fourth-order valence-corrected chi connectivity index (χ4v) is 2.18. The Morgan fingerprint density at radius 2 is 2.00 bits per heavy atom. The largest absolute Gasteiger partial charge is 0.505 e. The molecule has 0 saturated heterocycles. The fraction of sp³-hybridized carbons (Fsp3) is 0.385. The molecular formula is C13H16N2O4. The van der Waals surface area contributed by atoms with E-state index < -0.39 is 17.7 Å². The van der Waals surface area contributed by atoms with Crippen molar-refractivity contribution in [1.82, 2.24) is 5.32 Å². The molecule has 0 aromatic heterocycles. The van der Waals surface area contributed by atoms with Crippen LogP contribution in [-0.4, -0.2) is 28.3 Å². The average molecular weight is 264 g/mol. The van der Waals surface area contributed by atoms with Crippen molar-refractivity contribution in [2.45, 2.75) is 25.8 Å². The summed E-state index contributed by atoms with van der Waals surface area (Å²) >= 11 is 0. The van der Waals surface area contributed by atoms with E-state index in [0.29, 0.717) is 5.92 Å². The minimum absolute atomic E-state index is 0.0878. The number of carboxylic acid groups (broad SMARTS) is 1. The number of nitrogens with one attached hydrogen (secondary N) is 2. The van der Waals surface area contributed by atoms with E-state index in [1.165, 1.54) is 18.2 Å². The molecule has 0 spiro atoms. The van der Waals surface area contributed by atoms with Crippen LogP contribution in [-0.2, 0) is 0 Å². The second-order valence-electron chi connectivity index (χ2n) is 4.88. The van der Waals surface area contributed by atoms with Crippen LogP contribution >= 0.6 is 0 Å². The summed E-state index contributed by atoms with van der Waals surface area (Å²) < 4.78 is 0. The Kier molecular flexibility index (Phi) is 3.59. The zero-order valence-corrected chi connectivity index (χ0v) is 10.5. The average Bonchev–Trinajstić information content (AvgIpc) is 2.29. The molecule has 1 fully saturated rings. The summed E-state index contributed by atoms with van der Waals surface area (Å²) in [4.78, 5) is 22.5. The van der Waals surface area contributed by atoms with Crippen molar-refractivity contribution in [1.29, 1.82) is 0 Å². The number of aromatic carboxylic acids is 1. The quantitative estimate of drug-likeness (QED) is 0.627. The van der Waals surface area contributed by atoms with Gasteiger partial charge in [-0.1, -0.05) is 13.0 Å². The molecule has 1 aromatic carbocycles. The van der Waals surface area contributed by atoms with Crippen molar-refractivity contribution in [2.24, 2.45) is 5.92 Å². The number of carbonyl (C=O) groups excluding carboxylic acids is 1. The molecule has 2 amide bonds. The number of anilines is 1. The predicted octanol–water partition coefficient (Wildman–Crippen LogP) is 2.01. The van der Waals surface area contributed by atoms with Gasteiger partial charge in [-0.05, 0) is 30.9 Å². The van der Waals surface area contributed by atoms with E-state index in [4.69, 9.17) is 5.11 Å². The monoisotopic (exact) mass is 264 g/mol. The van der Waals surface area contributed by atoms with Crippen molar-refractivity contribution in [3.8, 4) is 5.75 Å². The van der Waals surface area contributed by atoms with E-state index in [1.807, 2.05) is 0 Å². The number of para-hydroxylation sites is 1. The van der Waals surface area contributed by atoms with E-state index >= 15 is 0 Å². The topological polar surface area (TPSA) is 98.7 Å². The molecule has 1 aromatic rings. The molecule has 1 aliphatic rings. The van der Waals surface area contributed by atoms with Gasteiger partial charge in [0.1, 0.15) is 5.56 Å². The minimum Gasteiger partial charge on any atom is -0.505 e. The first-order chi connectivity index (χ1) is 8.97. The molecule has 6 nitrogen and oxygen atoms in total. The number of amides is 2. The highest BCUT2D eigenvalue weighted by Gasteiger charge is 2.26. The highest BCUT2D eigenvalue weighted by Crippen LogP contribution is 2.28. The molecule has 0 radical (unpaired) electrons. The van der Waals surface area contributed by atoms with Crippen LogP contribution in [0.5, 0.6) is 5.75 Å². The fourth-order valence-electron chi connectivity index (χ4n) is 2.18. The molecule has 4 N–H and O–H groups in total. The number of rotatable bonds is 3. The number of carbonyl (C=O) groups is 2. The van der Waals surface area contributed by atoms with Crippen LogP contribution in [0.2, 0.25) is 0 Å². The summed E-state index contributed by atoms with van der Waals surface area (Å²) in [7, 11) is 0. The van der Waals surface area contributed by atoms with Crippen molar-refractivity contribution in [3.63, 3.8) is 0 Å². The molecule has 0 atom stereocenters. The molecule has 0 aliphatic heterocycles. The van der Waals surface area contributed by atoms with Gasteiger partial charge in [0.2, 0.25) is 0 Å². The van der Waals surface area contributed by atoms with Gasteiger partial charge in [-0.15, -0.1) is 0 Å². The van der Waals surface area contributed by atoms with Crippen LogP contribution in [0, 0.1) is 5.92 Å². The summed E-state index contributed by atoms with van der Waals surface area (Å²) in [6.45, 7) is 2.11. The SMILES string of the molecule is CC1CC(NC(=O)Nc2cccc(C(=O)O)c2O)C1. The highest BCUT2D eigenvalue weighted by molar-refractivity contribution is 5.97. The normalized spacial score (nSPS) is 21.3. The van der Waals surface area contributed by atoms with Crippen molar-refractivity contribution in [2.75, 3.05) is 5.32 Å². The summed E-state index contributed by atoms with van der Waals surface area (Å²) in [6.07, 6.45) is 1.88. The molecule has 1 saturated carbocycles. The maximum Gasteiger partial charge on any atom is 0.339 e. The van der Waals surface area contributed by atoms with Crippen molar-refractivity contribution < 1.29 is 19.8 Å². The van der Waals surface area contributed by atoms with Gasteiger partial charge in [-0.25, -0.2) is 9.59 Å². The standard InChI is InChI=1S/C13H16N2O4/c1-7-5-8(6-7)14-13(19)15-10-4-2-3-9(11(10)16)12(17)18/h2-4,7-8,16H,5-6H2,1H3,(H,17,18)(H2,14,15,19). The van der Waals surface area contributed by atoms with Gasteiger partial charge >= 0.3 is 12.0 Å². The minimum atomic E-state index is -1.24. The Bertz CT molecular complexity index is 509. The number of benzene rings is 1. The van der Waals surface area contributed by atoms with Gasteiger partial charge in [0.25, 0.3) is 0 Å². The lowest BCUT2D eigenvalue weighted by atomic mass is 9.82. The summed E-state index contributed by atoms with van der Waals surface area (Å²) in [5.74, 6) is -1.06. The van der Waals surface area contributed by atoms with E-state index in [9.17, 15) is 14.7 Å². The van der Waals surface area contributed by atoms with Crippen LogP contribution in [0.1, 0.15) is 30.1 Å². The van der Waals surface area contributed by atoms with Gasteiger partial charge in [0.15, 0.2) is 5.75 Å². The second kappa shape index (κ2) is 5.17. The lowest BCUT2D eigenvalue weighted by Crippen LogP contribution is -2.45. The number of hydrogen-bond donors (Lipinski definition) is 4. The molecule has 2 rings (SSSR count). The lowest BCUT2D eigenvalue weighted by molar-refractivity contribution is 0.0693. The number of urea groups is 1. The Morgan fingerprint density at radius 3 is 2.58 bits per heavy atom. The van der Waals surface area contributed by atoms with Crippen molar-refractivity contribution in [3.05, 3.63) is 23.8 Å². The first kappa shape index (κ1) is 13.2. The number of aromatic hydroxyl groups is 1. The lowest BCUT2D eigenvalue weighted by Gasteiger charge is -2.33. The zero-order valence-electron chi connectivity index (χ0n) is 10.5. The first-order valence-electron chi connectivity index (χ1n) is 6.10. The van der Waals surface area contributed by atoms with Gasteiger partial charge in [-0.3, -0.25) is 0 Å². The summed E-state index contributed by atoms with van der Waals surface area (Å²) in [5.41, 5.74) is -0.153. The van der Waals surface area contributed by atoms with Gasteiger partial charge in [-0.2, -0.15) is 0 Å². The molecule has 19 heavy (non-hydrogen) atoms. The molecule has 0 bridgehead atoms. The van der Waals surface area contributed by atoms with Crippen LogP contribution in [0.4, 0.5) is 10.5 Å². The number of phenols is 1. The summed E-state index contributed by atoms with van der Waals surface area (Å²) in [5, 5.41) is 23.8. The van der Waals surface area contributed by atoms with Crippen molar-refractivity contribution >= 4 is 17.7 Å². The molecular weight excluding hydrogens is 248 g/mol. The van der Waals surface area contributed by atoms with Crippen LogP contribution in [0.15, 0.2) is 18.2 Å².